The van der Waals surface area contributed by atoms with Crippen molar-refractivity contribution in [3.63, 3.8) is 0 Å². The zero-order valence-corrected chi connectivity index (χ0v) is 8.65. The van der Waals surface area contributed by atoms with Gasteiger partial charge in [0.05, 0.1) is 6.20 Å². The molecule has 0 saturated heterocycles. The van der Waals surface area contributed by atoms with Crippen LogP contribution in [0.1, 0.15) is 0 Å². The van der Waals surface area contributed by atoms with Gasteiger partial charge in [0, 0.05) is 10.6 Å². The van der Waals surface area contributed by atoms with Crippen molar-refractivity contribution in [1.82, 2.24) is 4.98 Å². The Morgan fingerprint density at radius 3 is 2.87 bits per heavy atom. The van der Waals surface area contributed by atoms with Crippen molar-refractivity contribution in [2.24, 2.45) is 0 Å². The molecule has 4 nitrogen and oxygen atoms in total. The molecule has 0 aliphatic heterocycles. The molecule has 0 bridgehead atoms. The van der Waals surface area contributed by atoms with Gasteiger partial charge in [0.25, 0.3) is 0 Å². The molecular formula is C10H9N3OS. The summed E-state index contributed by atoms with van der Waals surface area (Å²) in [5.41, 5.74) is 6.46. The molecule has 0 atom stereocenters. The highest BCUT2D eigenvalue weighted by molar-refractivity contribution is 7.99. The molecule has 0 spiro atoms. The topological polar surface area (TPSA) is 65.8 Å². The van der Waals surface area contributed by atoms with E-state index in [2.05, 4.69) is 4.98 Å². The smallest absolute Gasteiger partial charge is 0.213 e. The van der Waals surface area contributed by atoms with Gasteiger partial charge in [-0.25, -0.2) is 4.98 Å². The van der Waals surface area contributed by atoms with Gasteiger partial charge < -0.3 is 10.9 Å². The molecule has 0 fully saturated rings. The van der Waals surface area contributed by atoms with E-state index in [1.54, 1.807) is 0 Å². The van der Waals surface area contributed by atoms with E-state index in [1.165, 1.54) is 30.4 Å². The number of anilines is 1. The van der Waals surface area contributed by atoms with Crippen LogP contribution >= 0.6 is 11.8 Å². The number of para-hydroxylation sites is 1. The summed E-state index contributed by atoms with van der Waals surface area (Å²) >= 11 is 1.37. The summed E-state index contributed by atoms with van der Waals surface area (Å²) in [7, 11) is 0. The van der Waals surface area contributed by atoms with Crippen LogP contribution in [0.15, 0.2) is 52.8 Å². The van der Waals surface area contributed by atoms with Crippen molar-refractivity contribution in [3.8, 4) is 0 Å². The highest BCUT2D eigenvalue weighted by Gasteiger charge is 2.04. The maximum absolute atomic E-state index is 11.0. The number of nitrogens with two attached hydrogens (primary N) is 1. The van der Waals surface area contributed by atoms with Crippen molar-refractivity contribution >= 4 is 17.4 Å². The maximum Gasteiger partial charge on any atom is 0.213 e. The zero-order valence-electron chi connectivity index (χ0n) is 7.83. The lowest BCUT2D eigenvalue weighted by atomic mass is 10.3. The molecule has 0 unspecified atom stereocenters. The third-order valence-corrected chi connectivity index (χ3v) is 2.80. The van der Waals surface area contributed by atoms with E-state index in [1.807, 2.05) is 24.3 Å². The fourth-order valence-electron chi connectivity index (χ4n) is 1.10. The van der Waals surface area contributed by atoms with E-state index in [0.717, 1.165) is 4.90 Å². The monoisotopic (exact) mass is 219 g/mol. The lowest BCUT2D eigenvalue weighted by molar-refractivity contribution is -0.608. The normalized spacial score (nSPS) is 10.1. The van der Waals surface area contributed by atoms with Gasteiger partial charge in [-0.1, -0.05) is 23.9 Å². The van der Waals surface area contributed by atoms with Gasteiger partial charge in [0.1, 0.15) is 0 Å². The van der Waals surface area contributed by atoms with Crippen LogP contribution in [0.5, 0.6) is 0 Å². The first-order chi connectivity index (χ1) is 7.25. The molecular weight excluding hydrogens is 210 g/mol. The molecule has 1 aromatic heterocycles. The molecule has 0 aliphatic rings. The fourth-order valence-corrected chi connectivity index (χ4v) is 1.92. The standard InChI is InChI=1S/C10H9N3OS/c11-8-3-1-2-4-9(8)15-10-7-13(14)6-5-12-10/h1-7H,11H2. The summed E-state index contributed by atoms with van der Waals surface area (Å²) in [4.78, 5) is 4.96. The van der Waals surface area contributed by atoms with Gasteiger partial charge in [0.15, 0.2) is 11.2 Å². The van der Waals surface area contributed by atoms with Crippen molar-refractivity contribution in [2.45, 2.75) is 9.92 Å². The molecule has 0 radical (unpaired) electrons. The maximum atomic E-state index is 11.0. The van der Waals surface area contributed by atoms with Gasteiger partial charge in [-0.2, -0.15) is 4.73 Å². The van der Waals surface area contributed by atoms with Crippen molar-refractivity contribution in [1.29, 1.82) is 0 Å². The Balaban J connectivity index is 2.26. The van der Waals surface area contributed by atoms with Gasteiger partial charge in [-0.05, 0) is 12.1 Å². The lowest BCUT2D eigenvalue weighted by Crippen LogP contribution is -2.24. The summed E-state index contributed by atoms with van der Waals surface area (Å²) in [6.45, 7) is 0. The molecule has 1 aromatic carbocycles. The Labute approximate surface area is 91.3 Å². The van der Waals surface area contributed by atoms with E-state index >= 15 is 0 Å². The Kier molecular flexibility index (Phi) is 2.73. The highest BCUT2D eigenvalue weighted by atomic mass is 32.2. The minimum Gasteiger partial charge on any atom is -0.619 e. The minimum absolute atomic E-state index is 0.630. The molecule has 76 valence electrons. The molecule has 0 saturated carbocycles. The Morgan fingerprint density at radius 2 is 2.13 bits per heavy atom. The third-order valence-electron chi connectivity index (χ3n) is 1.79. The van der Waals surface area contributed by atoms with Crippen LogP contribution in [0.2, 0.25) is 0 Å². The third kappa shape index (κ3) is 2.38. The summed E-state index contributed by atoms with van der Waals surface area (Å²) in [5.74, 6) is 0. The summed E-state index contributed by atoms with van der Waals surface area (Å²) in [6, 6.07) is 7.47. The average molecular weight is 219 g/mol. The van der Waals surface area contributed by atoms with Gasteiger partial charge in [0.2, 0.25) is 6.20 Å². The summed E-state index contributed by atoms with van der Waals surface area (Å²) < 4.78 is 0.717. The molecule has 15 heavy (non-hydrogen) atoms. The number of hydrogen-bond acceptors (Lipinski definition) is 4. The van der Waals surface area contributed by atoms with E-state index in [4.69, 9.17) is 5.73 Å². The van der Waals surface area contributed by atoms with Crippen molar-refractivity contribution < 1.29 is 4.73 Å². The van der Waals surface area contributed by atoms with Crippen LogP contribution in [-0.4, -0.2) is 4.98 Å². The number of nitrogens with zero attached hydrogens (tertiary/aromatic N) is 2. The van der Waals surface area contributed by atoms with Crippen LogP contribution in [0.4, 0.5) is 5.69 Å². The van der Waals surface area contributed by atoms with Crippen LogP contribution in [0.25, 0.3) is 0 Å². The quantitative estimate of drug-likeness (QED) is 0.471. The number of rotatable bonds is 2. The Bertz CT molecular complexity index is 476. The summed E-state index contributed by atoms with van der Waals surface area (Å²) in [5, 5.41) is 11.6. The second kappa shape index (κ2) is 4.18. The molecule has 0 amide bonds. The summed E-state index contributed by atoms with van der Waals surface area (Å²) in [6.07, 6.45) is 4.23. The first-order valence-electron chi connectivity index (χ1n) is 4.33. The molecule has 2 N–H and O–H groups in total. The molecule has 5 heteroatoms. The van der Waals surface area contributed by atoms with E-state index in [0.29, 0.717) is 15.4 Å². The number of benzene rings is 1. The predicted octanol–water partition coefficient (Wildman–Crippen LogP) is 1.45. The minimum atomic E-state index is 0.630. The predicted molar refractivity (Wildman–Crippen MR) is 58.2 cm³/mol. The van der Waals surface area contributed by atoms with E-state index in [9.17, 15) is 5.21 Å². The molecule has 2 rings (SSSR count). The lowest BCUT2D eigenvalue weighted by Gasteiger charge is -2.03. The average Bonchev–Trinajstić information content (AvgIpc) is 2.22. The first kappa shape index (κ1) is 9.79. The van der Waals surface area contributed by atoms with Crippen LogP contribution in [0.3, 0.4) is 0 Å². The SMILES string of the molecule is Nc1ccccc1Sc1c[n+]([O-])ccn1. The van der Waals surface area contributed by atoms with Crippen LogP contribution in [0, 0.1) is 5.21 Å². The van der Waals surface area contributed by atoms with Gasteiger partial charge in [-0.15, -0.1) is 0 Å². The largest absolute Gasteiger partial charge is 0.619 e. The highest BCUT2D eigenvalue weighted by Crippen LogP contribution is 2.29. The second-order valence-corrected chi connectivity index (χ2v) is 3.96. The van der Waals surface area contributed by atoms with Crippen molar-refractivity contribution in [3.05, 3.63) is 48.1 Å². The number of hydrogen-bond donors (Lipinski definition) is 1. The second-order valence-electron chi connectivity index (χ2n) is 2.89. The Morgan fingerprint density at radius 1 is 1.33 bits per heavy atom. The van der Waals surface area contributed by atoms with Gasteiger partial charge >= 0.3 is 0 Å². The molecule has 0 aliphatic carbocycles. The van der Waals surface area contributed by atoms with Crippen LogP contribution < -0.4 is 10.5 Å². The fraction of sp³-hybridized carbons (Fsp3) is 0. The molecule has 2 aromatic rings. The first-order valence-corrected chi connectivity index (χ1v) is 5.14. The van der Waals surface area contributed by atoms with Gasteiger partial charge in [-0.3, -0.25) is 0 Å². The van der Waals surface area contributed by atoms with Crippen LogP contribution in [-0.2, 0) is 0 Å². The molecule has 1 heterocycles. The number of nitrogen functional groups attached to an aromatic ring is 1. The Hall–Kier alpha value is -1.75. The zero-order chi connectivity index (χ0) is 10.7. The van der Waals surface area contributed by atoms with E-state index in [-0.39, 0.29) is 0 Å². The number of aromatic nitrogens is 2. The van der Waals surface area contributed by atoms with E-state index < -0.39 is 0 Å². The van der Waals surface area contributed by atoms with Crippen molar-refractivity contribution in [2.75, 3.05) is 5.73 Å².